The summed E-state index contributed by atoms with van der Waals surface area (Å²) in [7, 11) is 1.68. The molecule has 1 aliphatic carbocycles. The van der Waals surface area contributed by atoms with Crippen molar-refractivity contribution in [2.45, 2.75) is 45.4 Å². The summed E-state index contributed by atoms with van der Waals surface area (Å²) in [4.78, 5) is 14.5. The summed E-state index contributed by atoms with van der Waals surface area (Å²) in [6.07, 6.45) is 3.04. The van der Waals surface area contributed by atoms with E-state index < -0.39 is 0 Å². The summed E-state index contributed by atoms with van der Waals surface area (Å²) >= 11 is 0. The Balaban J connectivity index is 2.01. The van der Waals surface area contributed by atoms with Crippen LogP contribution in [-0.2, 0) is 16.0 Å². The first-order valence-electron chi connectivity index (χ1n) is 7.25. The van der Waals surface area contributed by atoms with Gasteiger partial charge in [-0.25, -0.2) is 0 Å². The lowest BCUT2D eigenvalue weighted by Gasteiger charge is -2.37. The molecule has 0 saturated carbocycles. The molecule has 1 amide bonds. The van der Waals surface area contributed by atoms with Crippen molar-refractivity contribution in [3.05, 3.63) is 46.5 Å². The van der Waals surface area contributed by atoms with Crippen molar-refractivity contribution in [3.8, 4) is 0 Å². The number of hydrogen-bond acceptors (Lipinski definition) is 2. The summed E-state index contributed by atoms with van der Waals surface area (Å²) < 4.78 is 5.59. The fourth-order valence-electron chi connectivity index (χ4n) is 3.48. The molecule has 0 saturated heterocycles. The van der Waals surface area contributed by atoms with E-state index >= 15 is 0 Å². The Kier molecular flexibility index (Phi) is 3.38. The van der Waals surface area contributed by atoms with Gasteiger partial charge in [0.05, 0.1) is 6.04 Å². The van der Waals surface area contributed by atoms with Crippen LogP contribution in [-0.4, -0.2) is 24.1 Å². The highest BCUT2D eigenvalue weighted by molar-refractivity contribution is 5.97. The topological polar surface area (TPSA) is 29.5 Å². The minimum absolute atomic E-state index is 0.121. The van der Waals surface area contributed by atoms with Crippen LogP contribution in [0.4, 0.5) is 0 Å². The highest BCUT2D eigenvalue weighted by Gasteiger charge is 2.41. The largest absolute Gasteiger partial charge is 0.357 e. The lowest BCUT2D eigenvalue weighted by molar-refractivity contribution is -0.138. The molecule has 1 aromatic carbocycles. The molecule has 1 aromatic rings. The number of benzene rings is 1. The Morgan fingerprint density at radius 3 is 2.75 bits per heavy atom. The molecule has 0 spiro atoms. The van der Waals surface area contributed by atoms with Gasteiger partial charge in [-0.1, -0.05) is 24.3 Å². The Hall–Kier alpha value is -1.61. The van der Waals surface area contributed by atoms with Gasteiger partial charge in [0.25, 0.3) is 5.91 Å². The van der Waals surface area contributed by atoms with Gasteiger partial charge in [-0.05, 0) is 49.8 Å². The highest BCUT2D eigenvalue weighted by Crippen LogP contribution is 2.40. The second-order valence-electron chi connectivity index (χ2n) is 5.72. The van der Waals surface area contributed by atoms with E-state index in [2.05, 4.69) is 24.3 Å². The molecule has 3 heteroatoms. The van der Waals surface area contributed by atoms with Crippen LogP contribution in [0.15, 0.2) is 35.4 Å². The predicted molar refractivity (Wildman–Crippen MR) is 78.1 cm³/mol. The minimum Gasteiger partial charge on any atom is -0.357 e. The summed E-state index contributed by atoms with van der Waals surface area (Å²) in [5.74, 6) is 0.121. The maximum atomic E-state index is 12.6. The zero-order valence-corrected chi connectivity index (χ0v) is 12.3. The van der Waals surface area contributed by atoms with Crippen molar-refractivity contribution in [1.82, 2.24) is 4.90 Å². The Bertz CT molecular complexity index is 576. The van der Waals surface area contributed by atoms with Crippen molar-refractivity contribution in [2.24, 2.45) is 0 Å². The number of rotatable bonds is 2. The fourth-order valence-corrected chi connectivity index (χ4v) is 3.48. The first-order valence-corrected chi connectivity index (χ1v) is 7.25. The zero-order valence-electron chi connectivity index (χ0n) is 12.3. The van der Waals surface area contributed by atoms with Gasteiger partial charge in [0.2, 0.25) is 0 Å². The molecule has 1 aliphatic heterocycles. The third-order valence-corrected chi connectivity index (χ3v) is 4.67. The highest BCUT2D eigenvalue weighted by atomic mass is 16.5. The number of fused-ring (bicyclic) bond motifs is 1. The Morgan fingerprint density at radius 2 is 2.00 bits per heavy atom. The van der Waals surface area contributed by atoms with Gasteiger partial charge in [-0.3, -0.25) is 4.79 Å². The fraction of sp³-hybridized carbons (Fsp3) is 0.471. The average molecular weight is 271 g/mol. The first-order chi connectivity index (χ1) is 9.65. The van der Waals surface area contributed by atoms with Gasteiger partial charge in [-0.2, -0.15) is 0 Å². The van der Waals surface area contributed by atoms with Crippen LogP contribution in [0, 0.1) is 0 Å². The van der Waals surface area contributed by atoms with E-state index in [1.165, 1.54) is 11.1 Å². The SMILES string of the molecule is CO[C@H]1C(C)=C(C)C(=O)N1[C@H]1CCCc2ccccc21. The van der Waals surface area contributed by atoms with E-state index in [0.717, 1.165) is 30.4 Å². The molecule has 106 valence electrons. The van der Waals surface area contributed by atoms with E-state index in [1.54, 1.807) is 7.11 Å². The van der Waals surface area contributed by atoms with Crippen LogP contribution in [0.2, 0.25) is 0 Å². The third-order valence-electron chi connectivity index (χ3n) is 4.67. The van der Waals surface area contributed by atoms with Crippen LogP contribution < -0.4 is 0 Å². The molecule has 0 fully saturated rings. The number of aryl methyl sites for hydroxylation is 1. The number of carbonyl (C=O) groups excluding carboxylic acids is 1. The number of hydrogen-bond donors (Lipinski definition) is 0. The molecule has 3 rings (SSSR count). The van der Waals surface area contributed by atoms with E-state index in [1.807, 2.05) is 18.7 Å². The van der Waals surface area contributed by atoms with E-state index in [0.29, 0.717) is 0 Å². The molecule has 3 nitrogen and oxygen atoms in total. The van der Waals surface area contributed by atoms with Gasteiger partial charge >= 0.3 is 0 Å². The molecule has 0 aromatic heterocycles. The summed E-state index contributed by atoms with van der Waals surface area (Å²) in [5.41, 5.74) is 4.53. The van der Waals surface area contributed by atoms with Crippen molar-refractivity contribution >= 4 is 5.91 Å². The molecular formula is C17H21NO2. The quantitative estimate of drug-likeness (QED) is 0.826. The average Bonchev–Trinajstić information content (AvgIpc) is 2.70. The standard InChI is InChI=1S/C17H21NO2/c1-11-12(2)17(20-3)18(16(11)19)15-10-6-8-13-7-4-5-9-14(13)15/h4-5,7,9,15,17H,6,8,10H2,1-3H3/t15-,17-/m0/s1. The molecule has 0 bridgehead atoms. The molecule has 2 atom stereocenters. The first kappa shape index (κ1) is 13.4. The smallest absolute Gasteiger partial charge is 0.252 e. The Morgan fingerprint density at radius 1 is 1.25 bits per heavy atom. The number of ether oxygens (including phenoxy) is 1. The summed E-state index contributed by atoms with van der Waals surface area (Å²) in [5, 5.41) is 0. The maximum Gasteiger partial charge on any atom is 0.252 e. The van der Waals surface area contributed by atoms with Gasteiger partial charge in [0, 0.05) is 12.7 Å². The lowest BCUT2D eigenvalue weighted by atomic mass is 9.86. The molecule has 2 aliphatic rings. The number of nitrogens with zero attached hydrogens (tertiary/aromatic N) is 1. The molecule has 0 N–H and O–H groups in total. The predicted octanol–water partition coefficient (Wildman–Crippen LogP) is 3.22. The van der Waals surface area contributed by atoms with Crippen LogP contribution >= 0.6 is 0 Å². The van der Waals surface area contributed by atoms with E-state index in [-0.39, 0.29) is 18.2 Å². The van der Waals surface area contributed by atoms with Crippen LogP contribution in [0.3, 0.4) is 0 Å². The zero-order chi connectivity index (χ0) is 14.3. The van der Waals surface area contributed by atoms with Crippen LogP contribution in [0.1, 0.15) is 43.9 Å². The van der Waals surface area contributed by atoms with Gasteiger partial charge in [0.1, 0.15) is 0 Å². The van der Waals surface area contributed by atoms with Crippen molar-refractivity contribution in [1.29, 1.82) is 0 Å². The molecule has 0 unspecified atom stereocenters. The van der Waals surface area contributed by atoms with E-state index in [4.69, 9.17) is 4.74 Å². The molecular weight excluding hydrogens is 250 g/mol. The minimum atomic E-state index is -0.210. The van der Waals surface area contributed by atoms with Crippen molar-refractivity contribution < 1.29 is 9.53 Å². The lowest BCUT2D eigenvalue weighted by Crippen LogP contribution is -2.41. The van der Waals surface area contributed by atoms with Crippen LogP contribution in [0.25, 0.3) is 0 Å². The van der Waals surface area contributed by atoms with Gasteiger partial charge in [-0.15, -0.1) is 0 Å². The van der Waals surface area contributed by atoms with Crippen molar-refractivity contribution in [3.63, 3.8) is 0 Å². The monoisotopic (exact) mass is 271 g/mol. The number of methoxy groups -OCH3 is 1. The van der Waals surface area contributed by atoms with Gasteiger partial charge < -0.3 is 9.64 Å². The second kappa shape index (κ2) is 5.06. The van der Waals surface area contributed by atoms with E-state index in [9.17, 15) is 4.79 Å². The molecule has 20 heavy (non-hydrogen) atoms. The normalized spacial score (nSPS) is 26.1. The second-order valence-corrected chi connectivity index (χ2v) is 5.72. The number of amides is 1. The number of carbonyl (C=O) groups is 1. The Labute approximate surface area is 120 Å². The molecule has 0 radical (unpaired) electrons. The van der Waals surface area contributed by atoms with Gasteiger partial charge in [0.15, 0.2) is 6.23 Å². The van der Waals surface area contributed by atoms with Crippen molar-refractivity contribution in [2.75, 3.05) is 7.11 Å². The summed E-state index contributed by atoms with van der Waals surface area (Å²) in [6.45, 7) is 3.90. The molecule has 1 heterocycles. The van der Waals surface area contributed by atoms with Crippen LogP contribution in [0.5, 0.6) is 0 Å². The summed E-state index contributed by atoms with van der Waals surface area (Å²) in [6, 6.07) is 8.62. The third kappa shape index (κ3) is 1.88. The maximum absolute atomic E-state index is 12.6.